The van der Waals surface area contributed by atoms with Crippen LogP contribution in [0.4, 0.5) is 0 Å². The summed E-state index contributed by atoms with van der Waals surface area (Å²) < 4.78 is 22.2. The van der Waals surface area contributed by atoms with Gasteiger partial charge in [0.25, 0.3) is 0 Å². The molecular weight excluding hydrogens is 394 g/mol. The number of benzene rings is 2. The predicted molar refractivity (Wildman–Crippen MR) is 119 cm³/mol. The van der Waals surface area contributed by atoms with E-state index in [9.17, 15) is 4.79 Å². The van der Waals surface area contributed by atoms with Crippen LogP contribution in [-0.4, -0.2) is 45.5 Å². The van der Waals surface area contributed by atoms with E-state index in [1.165, 1.54) is 7.11 Å². The maximum atomic E-state index is 12.3. The van der Waals surface area contributed by atoms with E-state index in [4.69, 9.17) is 18.9 Å². The molecule has 1 heterocycles. The first-order valence-corrected chi connectivity index (χ1v) is 11.0. The van der Waals surface area contributed by atoms with E-state index in [0.717, 1.165) is 42.1 Å². The minimum Gasteiger partial charge on any atom is -0.494 e. The average Bonchev–Trinajstić information content (AvgIpc) is 3.32. The summed E-state index contributed by atoms with van der Waals surface area (Å²) in [4.78, 5) is 12.3. The average molecular weight is 428 g/mol. The van der Waals surface area contributed by atoms with Gasteiger partial charge in [0, 0.05) is 25.3 Å². The highest BCUT2D eigenvalue weighted by molar-refractivity contribution is 5.73. The third-order valence-corrected chi connectivity index (χ3v) is 5.38. The van der Waals surface area contributed by atoms with Crippen molar-refractivity contribution >= 4 is 5.97 Å². The standard InChI is InChI=1S/C25H33NO5/c1-3-29-22-12-10-19(11-13-22)15-21(25(27)28-2)17-26-16-20-7-4-5-9-24(20)31-18-23-8-6-14-30-23/h4-5,7,9-13,21,23,26H,3,6,8,14-18H2,1-2H3/t21-,23-/m1/s1. The number of rotatable bonds is 12. The first-order chi connectivity index (χ1) is 15.2. The van der Waals surface area contributed by atoms with Crippen LogP contribution in [0.5, 0.6) is 11.5 Å². The normalized spacial score (nSPS) is 16.6. The topological polar surface area (TPSA) is 66.0 Å². The van der Waals surface area contributed by atoms with E-state index in [2.05, 4.69) is 5.32 Å². The highest BCUT2D eigenvalue weighted by Gasteiger charge is 2.20. The smallest absolute Gasteiger partial charge is 0.310 e. The second-order valence-electron chi connectivity index (χ2n) is 7.69. The van der Waals surface area contributed by atoms with Crippen molar-refractivity contribution in [2.45, 2.75) is 38.8 Å². The number of carbonyl (C=O) groups is 1. The molecule has 31 heavy (non-hydrogen) atoms. The summed E-state index contributed by atoms with van der Waals surface area (Å²) in [6, 6.07) is 15.8. The number of carbonyl (C=O) groups excluding carboxylic acids is 1. The number of hydrogen-bond acceptors (Lipinski definition) is 6. The lowest BCUT2D eigenvalue weighted by Crippen LogP contribution is -2.31. The number of hydrogen-bond donors (Lipinski definition) is 1. The van der Waals surface area contributed by atoms with Crippen LogP contribution in [0.2, 0.25) is 0 Å². The Labute approximate surface area is 184 Å². The SMILES string of the molecule is CCOc1ccc(C[C@H](CNCc2ccccc2OC[C@H]2CCCO2)C(=O)OC)cc1. The van der Waals surface area contributed by atoms with Crippen molar-refractivity contribution in [1.29, 1.82) is 0 Å². The molecule has 2 aromatic carbocycles. The quantitative estimate of drug-likeness (QED) is 0.520. The fraction of sp³-hybridized carbons (Fsp3) is 0.480. The number of ether oxygens (including phenoxy) is 4. The first kappa shape index (κ1) is 23.1. The Morgan fingerprint density at radius 1 is 1.16 bits per heavy atom. The van der Waals surface area contributed by atoms with Gasteiger partial charge in [0.15, 0.2) is 0 Å². The van der Waals surface area contributed by atoms with Gasteiger partial charge in [-0.25, -0.2) is 0 Å². The third-order valence-electron chi connectivity index (χ3n) is 5.38. The molecule has 2 atom stereocenters. The Kier molecular flexibility index (Phi) is 9.18. The maximum Gasteiger partial charge on any atom is 0.310 e. The molecule has 0 spiro atoms. The van der Waals surface area contributed by atoms with Gasteiger partial charge in [0.2, 0.25) is 0 Å². The molecule has 0 saturated carbocycles. The number of para-hydroxylation sites is 1. The lowest BCUT2D eigenvalue weighted by molar-refractivity contribution is -0.145. The summed E-state index contributed by atoms with van der Waals surface area (Å²) in [5, 5.41) is 3.40. The zero-order chi connectivity index (χ0) is 21.9. The van der Waals surface area contributed by atoms with Gasteiger partial charge in [0.05, 0.1) is 25.7 Å². The number of methoxy groups -OCH3 is 1. The van der Waals surface area contributed by atoms with E-state index < -0.39 is 0 Å². The summed E-state index contributed by atoms with van der Waals surface area (Å²) in [6.45, 7) is 5.10. The summed E-state index contributed by atoms with van der Waals surface area (Å²) in [5.74, 6) is 1.19. The molecular formula is C25H33NO5. The summed E-state index contributed by atoms with van der Waals surface area (Å²) in [5.41, 5.74) is 2.13. The summed E-state index contributed by atoms with van der Waals surface area (Å²) in [6.07, 6.45) is 2.93. The Bertz CT molecular complexity index is 802. The van der Waals surface area contributed by atoms with Gasteiger partial charge < -0.3 is 24.3 Å². The van der Waals surface area contributed by atoms with Crippen LogP contribution >= 0.6 is 0 Å². The molecule has 1 aliphatic heterocycles. The van der Waals surface area contributed by atoms with Crippen molar-refractivity contribution in [2.24, 2.45) is 5.92 Å². The van der Waals surface area contributed by atoms with Crippen molar-refractivity contribution in [3.8, 4) is 11.5 Å². The molecule has 0 aromatic heterocycles. The van der Waals surface area contributed by atoms with Crippen LogP contribution in [0.25, 0.3) is 0 Å². The van der Waals surface area contributed by atoms with Gasteiger partial charge in [-0.15, -0.1) is 0 Å². The molecule has 1 saturated heterocycles. The van der Waals surface area contributed by atoms with Crippen molar-refractivity contribution in [3.63, 3.8) is 0 Å². The molecule has 1 fully saturated rings. The first-order valence-electron chi connectivity index (χ1n) is 11.0. The fourth-order valence-electron chi connectivity index (χ4n) is 3.71. The molecule has 168 valence electrons. The molecule has 1 N–H and O–H groups in total. The zero-order valence-corrected chi connectivity index (χ0v) is 18.5. The predicted octanol–water partition coefficient (Wildman–Crippen LogP) is 3.76. The second kappa shape index (κ2) is 12.3. The Hall–Kier alpha value is -2.57. The highest BCUT2D eigenvalue weighted by atomic mass is 16.5. The minimum atomic E-state index is -0.275. The van der Waals surface area contributed by atoms with Gasteiger partial charge in [-0.3, -0.25) is 4.79 Å². The van der Waals surface area contributed by atoms with Gasteiger partial charge in [-0.05, 0) is 49.9 Å². The molecule has 0 unspecified atom stereocenters. The molecule has 0 bridgehead atoms. The molecule has 6 nitrogen and oxygen atoms in total. The lowest BCUT2D eigenvalue weighted by atomic mass is 9.99. The number of esters is 1. The van der Waals surface area contributed by atoms with Crippen LogP contribution in [-0.2, 0) is 27.2 Å². The van der Waals surface area contributed by atoms with Crippen LogP contribution in [0.15, 0.2) is 48.5 Å². The van der Waals surface area contributed by atoms with Gasteiger partial charge in [0.1, 0.15) is 18.1 Å². The largest absolute Gasteiger partial charge is 0.494 e. The van der Waals surface area contributed by atoms with E-state index in [1.807, 2.05) is 55.5 Å². The van der Waals surface area contributed by atoms with Gasteiger partial charge >= 0.3 is 5.97 Å². The maximum absolute atomic E-state index is 12.3. The van der Waals surface area contributed by atoms with Gasteiger partial charge in [-0.2, -0.15) is 0 Å². The van der Waals surface area contributed by atoms with Crippen LogP contribution in [0.3, 0.4) is 0 Å². The minimum absolute atomic E-state index is 0.179. The molecule has 1 aliphatic rings. The van der Waals surface area contributed by atoms with Crippen molar-refractivity contribution in [2.75, 3.05) is 33.5 Å². The molecule has 2 aromatic rings. The van der Waals surface area contributed by atoms with E-state index in [0.29, 0.717) is 32.7 Å². The Morgan fingerprint density at radius 3 is 2.68 bits per heavy atom. The monoisotopic (exact) mass is 427 g/mol. The van der Waals surface area contributed by atoms with E-state index >= 15 is 0 Å². The molecule has 3 rings (SSSR count). The van der Waals surface area contributed by atoms with E-state index in [1.54, 1.807) is 0 Å². The molecule has 0 amide bonds. The van der Waals surface area contributed by atoms with Crippen LogP contribution in [0, 0.1) is 5.92 Å². The lowest BCUT2D eigenvalue weighted by Gasteiger charge is -2.18. The number of nitrogens with one attached hydrogen (secondary N) is 1. The van der Waals surface area contributed by atoms with Crippen molar-refractivity contribution in [1.82, 2.24) is 5.32 Å². The Balaban J connectivity index is 1.54. The third kappa shape index (κ3) is 7.26. The Morgan fingerprint density at radius 2 is 1.97 bits per heavy atom. The second-order valence-corrected chi connectivity index (χ2v) is 7.69. The molecule has 6 heteroatoms. The van der Waals surface area contributed by atoms with E-state index in [-0.39, 0.29) is 18.0 Å². The fourth-order valence-corrected chi connectivity index (χ4v) is 3.71. The highest BCUT2D eigenvalue weighted by Crippen LogP contribution is 2.21. The van der Waals surface area contributed by atoms with Crippen molar-refractivity contribution in [3.05, 3.63) is 59.7 Å². The van der Waals surface area contributed by atoms with Crippen LogP contribution in [0.1, 0.15) is 30.9 Å². The summed E-state index contributed by atoms with van der Waals surface area (Å²) >= 11 is 0. The van der Waals surface area contributed by atoms with Crippen LogP contribution < -0.4 is 14.8 Å². The molecule has 0 aliphatic carbocycles. The summed E-state index contributed by atoms with van der Waals surface area (Å²) in [7, 11) is 1.43. The van der Waals surface area contributed by atoms with Crippen molar-refractivity contribution < 1.29 is 23.7 Å². The van der Waals surface area contributed by atoms with Gasteiger partial charge in [-0.1, -0.05) is 30.3 Å². The molecule has 0 radical (unpaired) electrons. The zero-order valence-electron chi connectivity index (χ0n) is 18.5.